The van der Waals surface area contributed by atoms with E-state index in [4.69, 9.17) is 10.5 Å². The topological polar surface area (TPSA) is 70.8 Å². The van der Waals surface area contributed by atoms with Gasteiger partial charge in [-0.2, -0.15) is 0 Å². The van der Waals surface area contributed by atoms with Crippen LogP contribution in [0.2, 0.25) is 0 Å². The highest BCUT2D eigenvalue weighted by atomic mass is 16.5. The maximum absolute atomic E-state index is 12.0. The molecule has 1 saturated heterocycles. The summed E-state index contributed by atoms with van der Waals surface area (Å²) in [5, 5.41) is 2.97. The Morgan fingerprint density at radius 3 is 2.67 bits per heavy atom. The lowest BCUT2D eigenvalue weighted by Gasteiger charge is -2.22. The van der Waals surface area contributed by atoms with Gasteiger partial charge in [-0.05, 0) is 52.4 Å². The van der Waals surface area contributed by atoms with Crippen molar-refractivity contribution < 1.29 is 9.53 Å². The van der Waals surface area contributed by atoms with Crippen LogP contribution in [0, 0.1) is 0 Å². The van der Waals surface area contributed by atoms with Crippen LogP contribution < -0.4 is 11.1 Å². The predicted octanol–water partition coefficient (Wildman–Crippen LogP) is -0.116. The van der Waals surface area contributed by atoms with E-state index in [0.29, 0.717) is 13.2 Å². The highest BCUT2D eigenvalue weighted by Crippen LogP contribution is 2.04. The van der Waals surface area contributed by atoms with Crippen LogP contribution in [0.3, 0.4) is 0 Å². The fraction of sp³-hybridized carbons (Fsp3) is 0.933. The van der Waals surface area contributed by atoms with E-state index >= 15 is 0 Å². The van der Waals surface area contributed by atoms with Crippen LogP contribution in [0.25, 0.3) is 0 Å². The van der Waals surface area contributed by atoms with Crippen LogP contribution >= 0.6 is 0 Å². The molecule has 1 atom stereocenters. The van der Waals surface area contributed by atoms with Gasteiger partial charge >= 0.3 is 0 Å². The van der Waals surface area contributed by atoms with Crippen molar-refractivity contribution in [2.75, 3.05) is 59.5 Å². The van der Waals surface area contributed by atoms with Crippen LogP contribution in [0.15, 0.2) is 0 Å². The summed E-state index contributed by atoms with van der Waals surface area (Å²) in [6, 6.07) is 0.0715. The molecule has 1 fully saturated rings. The molecule has 0 radical (unpaired) electrons. The second-order valence-electron chi connectivity index (χ2n) is 5.89. The van der Waals surface area contributed by atoms with Crippen molar-refractivity contribution in [3.63, 3.8) is 0 Å². The zero-order valence-corrected chi connectivity index (χ0v) is 13.6. The molecule has 1 unspecified atom stereocenters. The molecule has 6 heteroatoms. The summed E-state index contributed by atoms with van der Waals surface area (Å²) >= 11 is 0. The number of nitrogens with one attached hydrogen (secondary N) is 1. The van der Waals surface area contributed by atoms with Crippen LogP contribution in [0.4, 0.5) is 0 Å². The molecule has 1 aliphatic rings. The minimum absolute atomic E-state index is 0.0715. The number of carbonyl (C=O) groups excluding carboxylic acids is 1. The summed E-state index contributed by atoms with van der Waals surface area (Å²) in [4.78, 5) is 16.7. The van der Waals surface area contributed by atoms with Crippen molar-refractivity contribution >= 4 is 5.91 Å². The summed E-state index contributed by atoms with van der Waals surface area (Å²) in [6.45, 7) is 9.05. The Kier molecular flexibility index (Phi) is 9.58. The molecule has 3 N–H and O–H groups in total. The third-order valence-corrected chi connectivity index (χ3v) is 3.80. The molecule has 1 amide bonds. The van der Waals surface area contributed by atoms with E-state index in [-0.39, 0.29) is 11.9 Å². The van der Waals surface area contributed by atoms with Gasteiger partial charge in [0.25, 0.3) is 0 Å². The average molecular weight is 300 g/mol. The SMILES string of the molecule is COCC(C)NC(=O)CN1CCCN(CCCCN)CC1. The van der Waals surface area contributed by atoms with E-state index in [0.717, 1.165) is 52.1 Å². The van der Waals surface area contributed by atoms with E-state index < -0.39 is 0 Å². The van der Waals surface area contributed by atoms with Crippen LogP contribution in [-0.4, -0.2) is 81.3 Å². The molecule has 0 aromatic carbocycles. The first-order valence-corrected chi connectivity index (χ1v) is 8.08. The zero-order chi connectivity index (χ0) is 15.5. The number of amides is 1. The maximum Gasteiger partial charge on any atom is 0.234 e. The summed E-state index contributed by atoms with van der Waals surface area (Å²) in [5.41, 5.74) is 5.53. The zero-order valence-electron chi connectivity index (χ0n) is 13.6. The minimum Gasteiger partial charge on any atom is -0.383 e. The Hall–Kier alpha value is -0.690. The standard InChI is InChI=1S/C15H32N4O2/c1-14(13-21-2)17-15(20)12-19-9-5-8-18(10-11-19)7-4-3-6-16/h14H,3-13,16H2,1-2H3,(H,17,20). The molecule has 21 heavy (non-hydrogen) atoms. The number of unbranched alkanes of at least 4 members (excludes halogenated alkanes) is 1. The van der Waals surface area contributed by atoms with Gasteiger partial charge in [0.15, 0.2) is 0 Å². The normalized spacial score (nSPS) is 19.2. The van der Waals surface area contributed by atoms with Crippen LogP contribution in [0.5, 0.6) is 0 Å². The molecule has 0 aromatic rings. The molecule has 0 saturated carbocycles. The second-order valence-corrected chi connectivity index (χ2v) is 5.89. The molecule has 0 aliphatic carbocycles. The lowest BCUT2D eigenvalue weighted by molar-refractivity contribution is -0.123. The van der Waals surface area contributed by atoms with Gasteiger partial charge in [0.2, 0.25) is 5.91 Å². The quantitative estimate of drug-likeness (QED) is 0.581. The molecule has 1 aliphatic heterocycles. The first-order valence-electron chi connectivity index (χ1n) is 8.08. The number of hydrogen-bond acceptors (Lipinski definition) is 5. The van der Waals surface area contributed by atoms with Gasteiger partial charge in [0.05, 0.1) is 13.2 Å². The number of hydrogen-bond donors (Lipinski definition) is 2. The highest BCUT2D eigenvalue weighted by Gasteiger charge is 2.17. The maximum atomic E-state index is 12.0. The molecule has 1 rings (SSSR count). The lowest BCUT2D eigenvalue weighted by atomic mass is 10.3. The number of methoxy groups -OCH3 is 1. The first kappa shape index (κ1) is 18.4. The summed E-state index contributed by atoms with van der Waals surface area (Å²) < 4.78 is 5.03. The largest absolute Gasteiger partial charge is 0.383 e. The second kappa shape index (κ2) is 11.0. The monoisotopic (exact) mass is 300 g/mol. The van der Waals surface area contributed by atoms with Crippen molar-refractivity contribution in [3.05, 3.63) is 0 Å². The van der Waals surface area contributed by atoms with E-state index in [2.05, 4.69) is 15.1 Å². The molecule has 0 bridgehead atoms. The fourth-order valence-electron chi connectivity index (χ4n) is 2.70. The van der Waals surface area contributed by atoms with Crippen molar-refractivity contribution in [3.8, 4) is 0 Å². The van der Waals surface area contributed by atoms with Gasteiger partial charge in [-0.3, -0.25) is 9.69 Å². The molecule has 0 spiro atoms. The number of rotatable bonds is 9. The third-order valence-electron chi connectivity index (χ3n) is 3.80. The smallest absolute Gasteiger partial charge is 0.234 e. The molecular weight excluding hydrogens is 268 g/mol. The van der Waals surface area contributed by atoms with Crippen molar-refractivity contribution in [1.82, 2.24) is 15.1 Å². The molecule has 124 valence electrons. The van der Waals surface area contributed by atoms with Gasteiger partial charge in [-0.1, -0.05) is 0 Å². The Morgan fingerprint density at radius 1 is 1.24 bits per heavy atom. The van der Waals surface area contributed by atoms with Gasteiger partial charge in [-0.15, -0.1) is 0 Å². The van der Waals surface area contributed by atoms with Gasteiger partial charge in [0, 0.05) is 26.2 Å². The number of carbonyl (C=O) groups is 1. The highest BCUT2D eigenvalue weighted by molar-refractivity contribution is 5.78. The van der Waals surface area contributed by atoms with Crippen LogP contribution in [-0.2, 0) is 9.53 Å². The van der Waals surface area contributed by atoms with E-state index in [9.17, 15) is 4.79 Å². The summed E-state index contributed by atoms with van der Waals surface area (Å²) in [6.07, 6.45) is 3.40. The average Bonchev–Trinajstić information content (AvgIpc) is 2.65. The predicted molar refractivity (Wildman–Crippen MR) is 85.3 cm³/mol. The van der Waals surface area contributed by atoms with E-state index in [1.807, 2.05) is 6.92 Å². The number of ether oxygens (including phenoxy) is 1. The van der Waals surface area contributed by atoms with Gasteiger partial charge in [0.1, 0.15) is 0 Å². The van der Waals surface area contributed by atoms with Gasteiger partial charge in [-0.25, -0.2) is 0 Å². The third kappa shape index (κ3) is 8.36. The molecule has 6 nitrogen and oxygen atoms in total. The van der Waals surface area contributed by atoms with Crippen molar-refractivity contribution in [2.45, 2.75) is 32.2 Å². The number of nitrogens with two attached hydrogens (primary N) is 1. The molecular formula is C15H32N4O2. The molecule has 1 heterocycles. The minimum atomic E-state index is 0.0715. The van der Waals surface area contributed by atoms with E-state index in [1.165, 1.54) is 6.42 Å². The Labute approximate surface area is 129 Å². The Morgan fingerprint density at radius 2 is 1.95 bits per heavy atom. The van der Waals surface area contributed by atoms with Gasteiger partial charge < -0.3 is 20.7 Å². The Bertz CT molecular complexity index is 289. The number of nitrogens with zero attached hydrogens (tertiary/aromatic N) is 2. The fourth-order valence-corrected chi connectivity index (χ4v) is 2.70. The summed E-state index contributed by atoms with van der Waals surface area (Å²) in [5.74, 6) is 0.0936. The van der Waals surface area contributed by atoms with Crippen LogP contribution in [0.1, 0.15) is 26.2 Å². The van der Waals surface area contributed by atoms with Crippen molar-refractivity contribution in [2.24, 2.45) is 5.73 Å². The summed E-state index contributed by atoms with van der Waals surface area (Å²) in [7, 11) is 1.65. The molecule has 0 aromatic heterocycles. The van der Waals surface area contributed by atoms with Crippen molar-refractivity contribution in [1.29, 1.82) is 0 Å². The van der Waals surface area contributed by atoms with E-state index in [1.54, 1.807) is 7.11 Å². The Balaban J connectivity index is 2.23. The first-order chi connectivity index (χ1) is 10.2. The lowest BCUT2D eigenvalue weighted by Crippen LogP contribution is -2.43.